The number of rotatable bonds is 7. The summed E-state index contributed by atoms with van der Waals surface area (Å²) in [5.41, 5.74) is 0.876. The predicted molar refractivity (Wildman–Crippen MR) is 127 cm³/mol. The van der Waals surface area contributed by atoms with Crippen LogP contribution in [0.15, 0.2) is 30.6 Å². The number of thiazole rings is 1. The summed E-state index contributed by atoms with van der Waals surface area (Å²) < 4.78 is 0. The number of fused-ring (bicyclic) bond motifs is 3. The molecule has 0 aromatic carbocycles. The van der Waals surface area contributed by atoms with Gasteiger partial charge in [-0.1, -0.05) is 17.8 Å². The maximum Gasteiger partial charge on any atom is 0.227 e. The number of hydrogen-bond donors (Lipinski definition) is 3. The molecule has 2 aliphatic heterocycles. The Balaban J connectivity index is 1.38. The zero-order valence-electron chi connectivity index (χ0n) is 17.9. The quantitative estimate of drug-likeness (QED) is 0.469. The first-order valence-corrected chi connectivity index (χ1v) is 12.0. The van der Waals surface area contributed by atoms with E-state index < -0.39 is 0 Å². The molecule has 2 aliphatic rings. The normalized spacial score (nSPS) is 23.1. The second kappa shape index (κ2) is 9.36. The first-order chi connectivity index (χ1) is 15.7. The molecule has 0 radical (unpaired) electrons. The fourth-order valence-electron chi connectivity index (χ4n) is 5.12. The van der Waals surface area contributed by atoms with Gasteiger partial charge in [-0.2, -0.15) is 0 Å². The number of piperidine rings is 2. The van der Waals surface area contributed by atoms with Crippen LogP contribution in [0.25, 0.3) is 15.7 Å². The van der Waals surface area contributed by atoms with Crippen molar-refractivity contribution in [2.24, 2.45) is 0 Å². The third-order valence-electron chi connectivity index (χ3n) is 6.48. The zero-order chi connectivity index (χ0) is 21.9. The summed E-state index contributed by atoms with van der Waals surface area (Å²) in [5, 5.41) is 18.0. The van der Waals surface area contributed by atoms with E-state index in [2.05, 4.69) is 36.4 Å². The van der Waals surface area contributed by atoms with Crippen LogP contribution in [0.1, 0.15) is 37.0 Å². The Bertz CT molecular complexity index is 1110. The highest BCUT2D eigenvalue weighted by Crippen LogP contribution is 2.36. The average Bonchev–Trinajstić information content (AvgIpc) is 3.25. The lowest BCUT2D eigenvalue weighted by molar-refractivity contribution is 0.0395. The van der Waals surface area contributed by atoms with Crippen molar-refractivity contribution in [2.45, 2.75) is 56.8 Å². The monoisotopic (exact) mass is 449 g/mol. The molecule has 3 aromatic rings. The minimum atomic E-state index is -0.0181. The van der Waals surface area contributed by atoms with Crippen LogP contribution in [0.2, 0.25) is 0 Å². The van der Waals surface area contributed by atoms with Crippen molar-refractivity contribution in [2.75, 3.05) is 23.7 Å². The fourth-order valence-corrected chi connectivity index (χ4v) is 5.80. The highest BCUT2D eigenvalue weighted by Gasteiger charge is 2.38. The summed E-state index contributed by atoms with van der Waals surface area (Å²) in [6.45, 7) is 8.61. The van der Waals surface area contributed by atoms with Gasteiger partial charge in [-0.15, -0.1) is 0 Å². The minimum absolute atomic E-state index is 0.0181. The molecule has 0 amide bonds. The Labute approximate surface area is 191 Å². The Kier molecular flexibility index (Phi) is 6.17. The topological polar surface area (TPSA) is 90.6 Å². The van der Waals surface area contributed by atoms with Crippen molar-refractivity contribution in [1.29, 1.82) is 0 Å². The van der Waals surface area contributed by atoms with Crippen LogP contribution in [0.4, 0.5) is 16.8 Å². The number of nitrogens with zero attached hydrogens (tertiary/aromatic N) is 5. The van der Waals surface area contributed by atoms with Crippen LogP contribution in [-0.4, -0.2) is 56.2 Å². The lowest BCUT2D eigenvalue weighted by Gasteiger charge is -2.48. The summed E-state index contributed by atoms with van der Waals surface area (Å²) >= 11 is 1.41. The third-order valence-corrected chi connectivity index (χ3v) is 7.38. The molecule has 0 saturated carbocycles. The van der Waals surface area contributed by atoms with Gasteiger partial charge in [0.25, 0.3) is 0 Å². The van der Waals surface area contributed by atoms with Crippen molar-refractivity contribution in [3.63, 3.8) is 0 Å². The fraction of sp³-hybridized carbons (Fsp3) is 0.478. The molecule has 8 nitrogen and oxygen atoms in total. The molecule has 0 aliphatic carbocycles. The van der Waals surface area contributed by atoms with E-state index >= 15 is 0 Å². The third kappa shape index (κ3) is 4.39. The molecule has 3 aromatic heterocycles. The lowest BCUT2D eigenvalue weighted by Crippen LogP contribution is -2.55. The van der Waals surface area contributed by atoms with E-state index in [0.29, 0.717) is 35.6 Å². The number of aromatic nitrogens is 3. The van der Waals surface area contributed by atoms with Gasteiger partial charge in [0.05, 0.1) is 23.5 Å². The number of anilines is 3. The highest BCUT2D eigenvalue weighted by atomic mass is 32.1. The highest BCUT2D eigenvalue weighted by molar-refractivity contribution is 7.15. The summed E-state index contributed by atoms with van der Waals surface area (Å²) in [5.74, 6) is 1.53. The minimum Gasteiger partial charge on any atom is -0.391 e. The average molecular weight is 450 g/mol. The first-order valence-electron chi connectivity index (χ1n) is 11.2. The molecule has 0 spiro atoms. The lowest BCUT2D eigenvalue weighted by atomic mass is 9.81. The molecule has 5 rings (SSSR count). The van der Waals surface area contributed by atoms with E-state index in [4.69, 9.17) is 11.6 Å². The molecule has 5 heterocycles. The molecule has 2 bridgehead atoms. The zero-order valence-corrected chi connectivity index (χ0v) is 18.7. The van der Waals surface area contributed by atoms with E-state index in [-0.39, 0.29) is 6.61 Å². The van der Waals surface area contributed by atoms with Gasteiger partial charge in [-0.25, -0.2) is 16.5 Å². The summed E-state index contributed by atoms with van der Waals surface area (Å²) in [6, 6.07) is 7.36. The molecule has 9 heteroatoms. The molecular formula is C23H27N7OS. The summed E-state index contributed by atoms with van der Waals surface area (Å²) in [6.07, 6.45) is 9.31. The number of pyridine rings is 2. The SMILES string of the molecule is [C-]#[N+]CCN1[C@@H]2CCC[C@H]1CC(Nc1nc(Nc3ncc(CO)s3)cc3ncccc13)C2. The number of nitrogens with one attached hydrogen (secondary N) is 2. The van der Waals surface area contributed by atoms with Crippen LogP contribution in [0.5, 0.6) is 0 Å². The van der Waals surface area contributed by atoms with Gasteiger partial charge in [0, 0.05) is 42.0 Å². The van der Waals surface area contributed by atoms with Crippen molar-refractivity contribution < 1.29 is 5.11 Å². The van der Waals surface area contributed by atoms with Crippen LogP contribution in [-0.2, 0) is 6.61 Å². The summed E-state index contributed by atoms with van der Waals surface area (Å²) in [7, 11) is 0. The smallest absolute Gasteiger partial charge is 0.227 e. The Morgan fingerprint density at radius 1 is 1.25 bits per heavy atom. The molecule has 3 atom stereocenters. The molecule has 2 fully saturated rings. The van der Waals surface area contributed by atoms with Crippen LogP contribution in [0.3, 0.4) is 0 Å². The Morgan fingerprint density at radius 2 is 2.09 bits per heavy atom. The van der Waals surface area contributed by atoms with Crippen molar-refractivity contribution in [1.82, 2.24) is 19.9 Å². The predicted octanol–water partition coefficient (Wildman–Crippen LogP) is 4.04. The summed E-state index contributed by atoms with van der Waals surface area (Å²) in [4.78, 5) is 20.7. The van der Waals surface area contributed by atoms with Gasteiger partial charge >= 0.3 is 0 Å². The molecular weight excluding hydrogens is 422 g/mol. The Morgan fingerprint density at radius 3 is 2.84 bits per heavy atom. The van der Waals surface area contributed by atoms with Gasteiger partial charge in [0.2, 0.25) is 6.54 Å². The van der Waals surface area contributed by atoms with E-state index in [9.17, 15) is 5.11 Å². The number of aliphatic hydroxyl groups excluding tert-OH is 1. The van der Waals surface area contributed by atoms with Crippen molar-refractivity contribution >= 4 is 39.0 Å². The second-order valence-corrected chi connectivity index (χ2v) is 9.63. The van der Waals surface area contributed by atoms with Gasteiger partial charge in [-0.05, 0) is 37.8 Å². The van der Waals surface area contributed by atoms with Gasteiger partial charge in [0.1, 0.15) is 11.6 Å². The number of aliphatic hydroxyl groups is 1. The maximum absolute atomic E-state index is 9.31. The van der Waals surface area contributed by atoms with Gasteiger partial charge < -0.3 is 20.6 Å². The van der Waals surface area contributed by atoms with E-state index in [1.54, 1.807) is 12.4 Å². The van der Waals surface area contributed by atoms with E-state index in [1.165, 1.54) is 30.6 Å². The van der Waals surface area contributed by atoms with E-state index in [0.717, 1.165) is 41.0 Å². The van der Waals surface area contributed by atoms with Crippen molar-refractivity contribution in [3.05, 3.63) is 46.9 Å². The van der Waals surface area contributed by atoms with Crippen LogP contribution >= 0.6 is 11.3 Å². The van der Waals surface area contributed by atoms with Gasteiger partial charge in [-0.3, -0.25) is 9.88 Å². The standard InChI is InChI=1S/C23H27N7OS/c1-24-8-9-30-16-4-2-5-17(30)11-15(10-16)27-22-19-6-3-7-25-20(19)12-21(28-22)29-23-26-13-18(14-31)32-23/h3,6-7,12-13,15-17,31H,2,4-5,8-11,14H2,(H2,26,27,28,29)/t15?,16-,17+. The molecule has 32 heavy (non-hydrogen) atoms. The molecule has 2 saturated heterocycles. The largest absolute Gasteiger partial charge is 0.391 e. The first kappa shape index (κ1) is 21.1. The number of hydrogen-bond acceptors (Lipinski definition) is 8. The van der Waals surface area contributed by atoms with Gasteiger partial charge in [0.15, 0.2) is 5.13 Å². The Hall–Kier alpha value is -2.80. The second-order valence-electron chi connectivity index (χ2n) is 8.51. The molecule has 166 valence electrons. The molecule has 1 unspecified atom stereocenters. The maximum atomic E-state index is 9.31. The van der Waals surface area contributed by atoms with Crippen LogP contribution in [0, 0.1) is 6.57 Å². The van der Waals surface area contributed by atoms with E-state index in [1.807, 2.05) is 12.1 Å². The van der Waals surface area contributed by atoms with Crippen LogP contribution < -0.4 is 10.6 Å². The molecule has 3 N–H and O–H groups in total. The van der Waals surface area contributed by atoms with Crippen molar-refractivity contribution in [3.8, 4) is 0 Å².